The summed E-state index contributed by atoms with van der Waals surface area (Å²) >= 11 is 6.15. The monoisotopic (exact) mass is 429 g/mol. The van der Waals surface area contributed by atoms with E-state index in [1.807, 2.05) is 6.92 Å². The second-order valence-electron chi connectivity index (χ2n) is 6.92. The van der Waals surface area contributed by atoms with Gasteiger partial charge in [0.25, 0.3) is 11.7 Å². The van der Waals surface area contributed by atoms with Crippen LogP contribution in [-0.2, 0) is 14.3 Å². The molecule has 3 rings (SSSR count). The van der Waals surface area contributed by atoms with Crippen LogP contribution in [0, 0.1) is 0 Å². The van der Waals surface area contributed by atoms with Crippen LogP contribution in [0.15, 0.2) is 54.1 Å². The van der Waals surface area contributed by atoms with Gasteiger partial charge in [-0.3, -0.25) is 9.59 Å². The van der Waals surface area contributed by atoms with Crippen molar-refractivity contribution in [2.24, 2.45) is 0 Å². The van der Waals surface area contributed by atoms with Crippen molar-refractivity contribution in [2.75, 3.05) is 26.9 Å². The zero-order chi connectivity index (χ0) is 21.7. The van der Waals surface area contributed by atoms with Crippen molar-refractivity contribution in [3.8, 4) is 5.75 Å². The van der Waals surface area contributed by atoms with E-state index >= 15 is 0 Å². The number of aliphatic hydroxyl groups excluding tert-OH is 1. The summed E-state index contributed by atoms with van der Waals surface area (Å²) in [5.74, 6) is -1.10. The lowest BCUT2D eigenvalue weighted by molar-refractivity contribution is -0.140. The number of aliphatic hydroxyl groups is 1. The summed E-state index contributed by atoms with van der Waals surface area (Å²) in [6.07, 6.45) is 0.843. The van der Waals surface area contributed by atoms with Crippen molar-refractivity contribution in [2.45, 2.75) is 19.4 Å². The van der Waals surface area contributed by atoms with Gasteiger partial charge in [0.1, 0.15) is 11.5 Å². The first-order chi connectivity index (χ1) is 14.5. The summed E-state index contributed by atoms with van der Waals surface area (Å²) in [7, 11) is 1.52. The van der Waals surface area contributed by atoms with E-state index in [2.05, 4.69) is 0 Å². The van der Waals surface area contributed by atoms with E-state index in [1.165, 1.54) is 12.0 Å². The van der Waals surface area contributed by atoms with Crippen molar-refractivity contribution in [1.29, 1.82) is 0 Å². The summed E-state index contributed by atoms with van der Waals surface area (Å²) in [6, 6.07) is 13.0. The number of amides is 1. The maximum Gasteiger partial charge on any atom is 0.295 e. The molecule has 1 N–H and O–H groups in total. The smallest absolute Gasteiger partial charge is 0.295 e. The average molecular weight is 430 g/mol. The Bertz CT molecular complexity index is 972. The van der Waals surface area contributed by atoms with Crippen LogP contribution in [-0.4, -0.2) is 48.6 Å². The van der Waals surface area contributed by atoms with Crippen LogP contribution >= 0.6 is 11.6 Å². The number of hydrogen-bond acceptors (Lipinski definition) is 5. The Morgan fingerprint density at radius 1 is 1.13 bits per heavy atom. The molecule has 2 aromatic rings. The molecule has 1 unspecified atom stereocenters. The van der Waals surface area contributed by atoms with Gasteiger partial charge in [0.15, 0.2) is 0 Å². The van der Waals surface area contributed by atoms with Crippen LogP contribution < -0.4 is 4.74 Å². The standard InChI is InChI=1S/C23H24ClNO5/c1-3-11-30-18-9-5-7-16(14-18)21(26)19-20(15-6-4-8-17(24)13-15)25(10-12-29-2)23(28)22(19)27/h4-9,13-14,20,26H,3,10-12H2,1-2H3. The number of Topliss-reactive ketones (excluding diaryl/α,β-unsaturated/α-hetero) is 1. The number of likely N-dealkylation sites (tertiary alicyclic amines) is 1. The molecule has 1 aliphatic rings. The summed E-state index contributed by atoms with van der Waals surface area (Å²) in [5, 5.41) is 11.5. The SMILES string of the molecule is CCCOc1cccc(C(O)=C2C(=O)C(=O)N(CCOC)C2c2cccc(Cl)c2)c1. The molecule has 0 bridgehead atoms. The van der Waals surface area contributed by atoms with Crippen LogP contribution in [0.25, 0.3) is 5.76 Å². The number of nitrogens with zero attached hydrogens (tertiary/aromatic N) is 1. The van der Waals surface area contributed by atoms with E-state index in [0.717, 1.165) is 6.42 Å². The first-order valence-corrected chi connectivity index (χ1v) is 10.1. The minimum atomic E-state index is -0.765. The van der Waals surface area contributed by atoms with E-state index in [9.17, 15) is 14.7 Å². The molecule has 0 radical (unpaired) electrons. The Hall–Kier alpha value is -2.83. The highest BCUT2D eigenvalue weighted by atomic mass is 35.5. The third-order valence-corrected chi connectivity index (χ3v) is 5.06. The first kappa shape index (κ1) is 21.9. The Balaban J connectivity index is 2.11. The van der Waals surface area contributed by atoms with Crippen LogP contribution in [0.5, 0.6) is 5.75 Å². The number of carbonyl (C=O) groups excluding carboxylic acids is 2. The highest BCUT2D eigenvalue weighted by molar-refractivity contribution is 6.46. The molecule has 1 atom stereocenters. The van der Waals surface area contributed by atoms with E-state index in [1.54, 1.807) is 48.5 Å². The fourth-order valence-corrected chi connectivity index (χ4v) is 3.63. The number of ether oxygens (including phenoxy) is 2. The van der Waals surface area contributed by atoms with Crippen molar-refractivity contribution in [3.63, 3.8) is 0 Å². The van der Waals surface area contributed by atoms with Gasteiger partial charge in [0.2, 0.25) is 0 Å². The molecule has 30 heavy (non-hydrogen) atoms. The largest absolute Gasteiger partial charge is 0.507 e. The van der Waals surface area contributed by atoms with Gasteiger partial charge in [-0.15, -0.1) is 0 Å². The van der Waals surface area contributed by atoms with Gasteiger partial charge in [-0.05, 0) is 36.2 Å². The lowest BCUT2D eigenvalue weighted by Gasteiger charge is -2.25. The van der Waals surface area contributed by atoms with Gasteiger partial charge < -0.3 is 19.5 Å². The lowest BCUT2D eigenvalue weighted by atomic mass is 9.95. The van der Waals surface area contributed by atoms with E-state index in [0.29, 0.717) is 28.5 Å². The molecule has 1 fully saturated rings. The highest BCUT2D eigenvalue weighted by Gasteiger charge is 2.45. The van der Waals surface area contributed by atoms with E-state index in [4.69, 9.17) is 21.1 Å². The number of carbonyl (C=O) groups is 2. The number of ketones is 1. The maximum absolute atomic E-state index is 12.9. The summed E-state index contributed by atoms with van der Waals surface area (Å²) in [4.78, 5) is 27.1. The average Bonchev–Trinajstić information content (AvgIpc) is 3.00. The van der Waals surface area contributed by atoms with E-state index in [-0.39, 0.29) is 24.5 Å². The third kappa shape index (κ3) is 4.50. The zero-order valence-corrected chi connectivity index (χ0v) is 17.7. The number of methoxy groups -OCH3 is 1. The summed E-state index contributed by atoms with van der Waals surface area (Å²) in [5.41, 5.74) is 1.06. The predicted octanol–water partition coefficient (Wildman–Crippen LogP) is 4.20. The number of rotatable bonds is 8. The Morgan fingerprint density at radius 2 is 1.90 bits per heavy atom. The molecule has 6 nitrogen and oxygen atoms in total. The summed E-state index contributed by atoms with van der Waals surface area (Å²) < 4.78 is 10.7. The van der Waals surface area contributed by atoms with Gasteiger partial charge in [-0.1, -0.05) is 42.8 Å². The third-order valence-electron chi connectivity index (χ3n) is 4.82. The second kappa shape index (κ2) is 9.78. The fourth-order valence-electron chi connectivity index (χ4n) is 3.43. The lowest BCUT2D eigenvalue weighted by Crippen LogP contribution is -2.32. The first-order valence-electron chi connectivity index (χ1n) is 9.74. The molecule has 1 saturated heterocycles. The minimum absolute atomic E-state index is 0.0195. The Morgan fingerprint density at radius 3 is 2.60 bits per heavy atom. The molecule has 1 heterocycles. The van der Waals surface area contributed by atoms with Crippen molar-refractivity contribution in [1.82, 2.24) is 4.90 Å². The molecule has 1 aliphatic heterocycles. The molecule has 0 spiro atoms. The zero-order valence-electron chi connectivity index (χ0n) is 16.9. The molecular formula is C23H24ClNO5. The Kier molecular flexibility index (Phi) is 7.13. The fraction of sp³-hybridized carbons (Fsp3) is 0.304. The number of halogens is 1. The quantitative estimate of drug-likeness (QED) is 0.386. The molecule has 0 saturated carbocycles. The number of hydrogen-bond donors (Lipinski definition) is 1. The Labute approximate surface area is 180 Å². The number of benzene rings is 2. The topological polar surface area (TPSA) is 76.1 Å². The van der Waals surface area contributed by atoms with Crippen LogP contribution in [0.3, 0.4) is 0 Å². The van der Waals surface area contributed by atoms with Gasteiger partial charge in [0, 0.05) is 24.2 Å². The van der Waals surface area contributed by atoms with Crippen LogP contribution in [0.1, 0.15) is 30.5 Å². The van der Waals surface area contributed by atoms with Gasteiger partial charge in [-0.25, -0.2) is 0 Å². The normalized spacial score (nSPS) is 18.1. The molecule has 158 valence electrons. The van der Waals surface area contributed by atoms with Crippen LogP contribution in [0.4, 0.5) is 0 Å². The molecule has 0 aliphatic carbocycles. The molecule has 2 aromatic carbocycles. The van der Waals surface area contributed by atoms with Gasteiger partial charge in [-0.2, -0.15) is 0 Å². The van der Waals surface area contributed by atoms with E-state index < -0.39 is 17.7 Å². The van der Waals surface area contributed by atoms with Crippen molar-refractivity contribution >= 4 is 29.1 Å². The molecular weight excluding hydrogens is 406 g/mol. The maximum atomic E-state index is 12.9. The molecule has 0 aromatic heterocycles. The predicted molar refractivity (Wildman–Crippen MR) is 115 cm³/mol. The van der Waals surface area contributed by atoms with Gasteiger partial charge in [0.05, 0.1) is 24.8 Å². The molecule has 7 heteroatoms. The van der Waals surface area contributed by atoms with Crippen LogP contribution in [0.2, 0.25) is 5.02 Å². The minimum Gasteiger partial charge on any atom is -0.507 e. The summed E-state index contributed by atoms with van der Waals surface area (Å²) in [6.45, 7) is 2.99. The second-order valence-corrected chi connectivity index (χ2v) is 7.35. The highest BCUT2D eigenvalue weighted by Crippen LogP contribution is 2.40. The van der Waals surface area contributed by atoms with Crippen molar-refractivity contribution in [3.05, 3.63) is 70.3 Å². The van der Waals surface area contributed by atoms with Gasteiger partial charge >= 0.3 is 0 Å². The van der Waals surface area contributed by atoms with Crippen molar-refractivity contribution < 1.29 is 24.2 Å². The molecule has 1 amide bonds.